The summed E-state index contributed by atoms with van der Waals surface area (Å²) in [6.45, 7) is 6.47. The minimum Gasteiger partial charge on any atom is -0.486 e. The molecule has 198 valence electrons. The molecule has 1 saturated carbocycles. The van der Waals surface area contributed by atoms with Crippen LogP contribution in [0.4, 0.5) is 0 Å². The van der Waals surface area contributed by atoms with E-state index < -0.39 is 5.54 Å². The van der Waals surface area contributed by atoms with E-state index in [4.69, 9.17) is 9.47 Å². The molecule has 0 radical (unpaired) electrons. The second-order valence-electron chi connectivity index (χ2n) is 11.2. The van der Waals surface area contributed by atoms with Gasteiger partial charge in [0, 0.05) is 26.2 Å². The van der Waals surface area contributed by atoms with Gasteiger partial charge in [0.1, 0.15) is 24.8 Å². The molecule has 0 aromatic heterocycles. The van der Waals surface area contributed by atoms with E-state index in [1.165, 1.54) is 37.7 Å². The van der Waals surface area contributed by atoms with Crippen molar-refractivity contribution in [1.29, 1.82) is 0 Å². The molecular weight excluding hydrogens is 454 g/mol. The molecule has 1 atom stereocenters. The highest BCUT2D eigenvalue weighted by molar-refractivity contribution is 6.00. The lowest BCUT2D eigenvalue weighted by molar-refractivity contribution is -0.162. The summed E-state index contributed by atoms with van der Waals surface area (Å²) in [6.07, 6.45) is 11.5. The van der Waals surface area contributed by atoms with E-state index in [-0.39, 0.29) is 17.9 Å². The van der Waals surface area contributed by atoms with Crippen LogP contribution in [0.5, 0.6) is 11.5 Å². The summed E-state index contributed by atoms with van der Waals surface area (Å²) < 4.78 is 11.4. The quantitative estimate of drug-likeness (QED) is 0.543. The number of unbranched alkanes of at least 4 members (excludes halogenated alkanes) is 2. The highest BCUT2D eigenvalue weighted by Gasteiger charge is 2.53. The molecule has 1 unspecified atom stereocenters. The summed E-state index contributed by atoms with van der Waals surface area (Å²) in [7, 11) is 0. The van der Waals surface area contributed by atoms with Crippen molar-refractivity contribution in [1.82, 2.24) is 15.1 Å². The van der Waals surface area contributed by atoms with Crippen LogP contribution in [0, 0.1) is 5.92 Å². The Labute approximate surface area is 215 Å². The summed E-state index contributed by atoms with van der Waals surface area (Å²) in [5.74, 6) is 2.43. The Bertz CT molecular complexity index is 921. The summed E-state index contributed by atoms with van der Waals surface area (Å²) in [6, 6.07) is 5.82. The Kier molecular flexibility index (Phi) is 8.04. The molecule has 2 saturated heterocycles. The normalized spacial score (nSPS) is 24.7. The maximum atomic E-state index is 13.8. The van der Waals surface area contributed by atoms with Gasteiger partial charge < -0.3 is 19.7 Å². The first-order valence-corrected chi connectivity index (χ1v) is 14.3. The summed E-state index contributed by atoms with van der Waals surface area (Å²) in [5.41, 5.74) is 0.490. The summed E-state index contributed by atoms with van der Waals surface area (Å²) in [5, 5.41) is 3.21. The molecule has 1 N–H and O–H groups in total. The van der Waals surface area contributed by atoms with Crippen LogP contribution in [0.25, 0.3) is 0 Å². The van der Waals surface area contributed by atoms with Crippen LogP contribution in [-0.4, -0.2) is 66.0 Å². The standard InChI is InChI=1S/C29H43N3O4/c1-2-3-7-14-32-27(33)24(19-22-8-5-4-6-9-22)30-28(34)29(32)12-15-31(16-13-29)21-23-10-11-25-26(20-23)36-18-17-35-25/h10-11,20,22,24H,2-9,12-19,21H2,1H3,(H,30,34). The van der Waals surface area contributed by atoms with Crippen LogP contribution in [-0.2, 0) is 16.1 Å². The molecule has 1 spiro atoms. The number of piperazine rings is 1. The summed E-state index contributed by atoms with van der Waals surface area (Å²) >= 11 is 0. The van der Waals surface area contributed by atoms with Crippen molar-refractivity contribution in [3.8, 4) is 11.5 Å². The van der Waals surface area contributed by atoms with Crippen molar-refractivity contribution < 1.29 is 19.1 Å². The molecule has 7 nitrogen and oxygen atoms in total. The third-order valence-electron chi connectivity index (χ3n) is 8.78. The van der Waals surface area contributed by atoms with Gasteiger partial charge >= 0.3 is 0 Å². The van der Waals surface area contributed by atoms with Crippen molar-refractivity contribution in [2.45, 2.75) is 95.7 Å². The van der Waals surface area contributed by atoms with Gasteiger partial charge in [-0.1, -0.05) is 57.9 Å². The number of hydrogen-bond donors (Lipinski definition) is 1. The van der Waals surface area contributed by atoms with E-state index in [9.17, 15) is 9.59 Å². The number of fused-ring (bicyclic) bond motifs is 1. The number of nitrogens with zero attached hydrogens (tertiary/aromatic N) is 2. The van der Waals surface area contributed by atoms with E-state index in [0.29, 0.717) is 38.5 Å². The zero-order chi connectivity index (χ0) is 25.0. The topological polar surface area (TPSA) is 71.1 Å². The first kappa shape index (κ1) is 25.4. The molecule has 5 rings (SSSR count). The molecule has 3 fully saturated rings. The van der Waals surface area contributed by atoms with Crippen LogP contribution in [0.15, 0.2) is 18.2 Å². The number of nitrogens with one attached hydrogen (secondary N) is 1. The second kappa shape index (κ2) is 11.4. The van der Waals surface area contributed by atoms with Crippen molar-refractivity contribution in [2.75, 3.05) is 32.8 Å². The number of carbonyl (C=O) groups excluding carboxylic acids is 2. The SMILES string of the molecule is CCCCCN1C(=O)C(CC2CCCCC2)NC(=O)C12CCN(Cc1ccc3c(c1)OCCO3)CC2. The van der Waals surface area contributed by atoms with E-state index in [1.807, 2.05) is 11.0 Å². The monoisotopic (exact) mass is 497 g/mol. The maximum absolute atomic E-state index is 13.8. The maximum Gasteiger partial charge on any atom is 0.246 e. The fraction of sp³-hybridized carbons (Fsp3) is 0.724. The lowest BCUT2D eigenvalue weighted by atomic mass is 9.79. The lowest BCUT2D eigenvalue weighted by Crippen LogP contribution is -2.73. The molecule has 7 heteroatoms. The third kappa shape index (κ3) is 5.36. The van der Waals surface area contributed by atoms with Crippen LogP contribution in [0.3, 0.4) is 0 Å². The number of piperidine rings is 1. The van der Waals surface area contributed by atoms with E-state index in [0.717, 1.165) is 56.8 Å². The van der Waals surface area contributed by atoms with Gasteiger partial charge in [-0.15, -0.1) is 0 Å². The molecule has 3 aliphatic heterocycles. The first-order valence-electron chi connectivity index (χ1n) is 14.3. The Morgan fingerprint density at radius 2 is 1.75 bits per heavy atom. The van der Waals surface area contributed by atoms with Crippen molar-refractivity contribution in [2.24, 2.45) is 5.92 Å². The number of ether oxygens (including phenoxy) is 2. The number of amides is 2. The molecule has 1 aromatic carbocycles. The zero-order valence-electron chi connectivity index (χ0n) is 21.9. The summed E-state index contributed by atoms with van der Waals surface area (Å²) in [4.78, 5) is 31.9. The minimum absolute atomic E-state index is 0.0818. The number of likely N-dealkylation sites (tertiary alicyclic amines) is 1. The molecule has 0 bridgehead atoms. The molecule has 1 aliphatic carbocycles. The molecule has 4 aliphatic rings. The lowest BCUT2D eigenvalue weighted by Gasteiger charge is -2.52. The minimum atomic E-state index is -0.697. The van der Waals surface area contributed by atoms with Gasteiger partial charge in [0.25, 0.3) is 0 Å². The molecule has 3 heterocycles. The Morgan fingerprint density at radius 1 is 1.00 bits per heavy atom. The van der Waals surface area contributed by atoms with E-state index in [1.54, 1.807) is 0 Å². The number of carbonyl (C=O) groups is 2. The van der Waals surface area contributed by atoms with Crippen LogP contribution >= 0.6 is 0 Å². The second-order valence-corrected chi connectivity index (χ2v) is 11.2. The molecule has 1 aromatic rings. The average Bonchev–Trinajstić information content (AvgIpc) is 2.91. The third-order valence-corrected chi connectivity index (χ3v) is 8.78. The van der Waals surface area contributed by atoms with Crippen molar-refractivity contribution >= 4 is 11.8 Å². The highest BCUT2D eigenvalue weighted by Crippen LogP contribution is 2.37. The predicted octanol–water partition coefficient (Wildman–Crippen LogP) is 4.28. The average molecular weight is 498 g/mol. The first-order chi connectivity index (χ1) is 17.6. The predicted molar refractivity (Wildman–Crippen MR) is 139 cm³/mol. The fourth-order valence-electron chi connectivity index (χ4n) is 6.66. The number of rotatable bonds is 8. The molecular formula is C29H43N3O4. The number of hydrogen-bond acceptors (Lipinski definition) is 5. The van der Waals surface area contributed by atoms with Crippen LogP contribution < -0.4 is 14.8 Å². The van der Waals surface area contributed by atoms with Gasteiger partial charge in [0.2, 0.25) is 11.8 Å². The van der Waals surface area contributed by atoms with Gasteiger partial charge in [0.05, 0.1) is 0 Å². The molecule has 36 heavy (non-hydrogen) atoms. The Morgan fingerprint density at radius 3 is 2.50 bits per heavy atom. The Hall–Kier alpha value is -2.28. The largest absolute Gasteiger partial charge is 0.486 e. The van der Waals surface area contributed by atoms with Gasteiger partial charge in [-0.25, -0.2) is 0 Å². The van der Waals surface area contributed by atoms with E-state index in [2.05, 4.69) is 29.3 Å². The number of benzene rings is 1. The van der Waals surface area contributed by atoms with Crippen molar-refractivity contribution in [3.63, 3.8) is 0 Å². The Balaban J connectivity index is 1.25. The fourth-order valence-corrected chi connectivity index (χ4v) is 6.66. The van der Waals surface area contributed by atoms with Crippen molar-refractivity contribution in [3.05, 3.63) is 23.8 Å². The smallest absolute Gasteiger partial charge is 0.246 e. The van der Waals surface area contributed by atoms with Crippen LogP contribution in [0.1, 0.15) is 83.1 Å². The van der Waals surface area contributed by atoms with Crippen LogP contribution in [0.2, 0.25) is 0 Å². The highest BCUT2D eigenvalue weighted by atomic mass is 16.6. The van der Waals surface area contributed by atoms with E-state index >= 15 is 0 Å². The van der Waals surface area contributed by atoms with Gasteiger partial charge in [-0.3, -0.25) is 14.5 Å². The van der Waals surface area contributed by atoms with Gasteiger partial charge in [0.15, 0.2) is 11.5 Å². The zero-order valence-corrected chi connectivity index (χ0v) is 21.9. The van der Waals surface area contributed by atoms with Gasteiger partial charge in [-0.2, -0.15) is 0 Å². The molecule has 2 amide bonds. The van der Waals surface area contributed by atoms with Gasteiger partial charge in [-0.05, 0) is 49.3 Å².